The lowest BCUT2D eigenvalue weighted by molar-refractivity contribution is 0.0691. The topological polar surface area (TPSA) is 59.0 Å². The van der Waals surface area contributed by atoms with Crippen LogP contribution in [0.5, 0.6) is 0 Å². The van der Waals surface area contributed by atoms with Crippen molar-refractivity contribution in [1.82, 2.24) is 19.9 Å². The minimum atomic E-state index is 0.0393. The van der Waals surface area contributed by atoms with E-state index in [9.17, 15) is 4.79 Å². The number of aromatic nitrogens is 3. The number of nitrogens with zero attached hydrogens (tertiary/aromatic N) is 4. The van der Waals surface area contributed by atoms with Crippen LogP contribution in [0.25, 0.3) is 11.4 Å². The Morgan fingerprint density at radius 2 is 1.76 bits per heavy atom. The zero-order valence-corrected chi connectivity index (χ0v) is 16.8. The fourth-order valence-corrected chi connectivity index (χ4v) is 3.97. The Morgan fingerprint density at radius 3 is 2.45 bits per heavy atom. The molecular weight excluding hydrogens is 360 g/mol. The van der Waals surface area contributed by atoms with E-state index in [0.29, 0.717) is 22.9 Å². The summed E-state index contributed by atoms with van der Waals surface area (Å²) in [5.41, 5.74) is 4.68. The summed E-state index contributed by atoms with van der Waals surface area (Å²) in [6, 6.07) is 14.4. The normalized spacial score (nSPS) is 14.7. The fourth-order valence-electron chi connectivity index (χ4n) is 3.97. The van der Waals surface area contributed by atoms with E-state index in [-0.39, 0.29) is 5.91 Å². The monoisotopic (exact) mass is 386 g/mol. The van der Waals surface area contributed by atoms with Gasteiger partial charge in [-0.3, -0.25) is 9.78 Å². The van der Waals surface area contributed by atoms with Gasteiger partial charge in [-0.25, -0.2) is 9.97 Å². The van der Waals surface area contributed by atoms with Gasteiger partial charge in [-0.05, 0) is 60.9 Å². The number of piperidine rings is 1. The highest BCUT2D eigenvalue weighted by Crippen LogP contribution is 2.25. The van der Waals surface area contributed by atoms with Gasteiger partial charge in [0, 0.05) is 25.5 Å². The highest BCUT2D eigenvalue weighted by Gasteiger charge is 2.26. The van der Waals surface area contributed by atoms with Crippen LogP contribution in [-0.4, -0.2) is 38.8 Å². The van der Waals surface area contributed by atoms with Crippen molar-refractivity contribution in [3.63, 3.8) is 0 Å². The molecule has 0 radical (unpaired) electrons. The SMILES string of the molecule is CCc1ccc(CC2CCN(C(=O)c3cccnc3-c3ccncn3)CC2)cc1. The summed E-state index contributed by atoms with van der Waals surface area (Å²) >= 11 is 0. The average molecular weight is 386 g/mol. The number of amides is 1. The molecule has 3 heterocycles. The lowest BCUT2D eigenvalue weighted by Crippen LogP contribution is -2.39. The average Bonchev–Trinajstić information content (AvgIpc) is 2.80. The van der Waals surface area contributed by atoms with Crippen LogP contribution in [0.1, 0.15) is 41.3 Å². The smallest absolute Gasteiger partial charge is 0.256 e. The van der Waals surface area contributed by atoms with Gasteiger partial charge in [-0.2, -0.15) is 0 Å². The van der Waals surface area contributed by atoms with Crippen LogP contribution >= 0.6 is 0 Å². The molecule has 1 aromatic carbocycles. The summed E-state index contributed by atoms with van der Waals surface area (Å²) in [5, 5.41) is 0. The number of aryl methyl sites for hydroxylation is 1. The Hall–Kier alpha value is -3.08. The van der Waals surface area contributed by atoms with Crippen LogP contribution in [0, 0.1) is 5.92 Å². The summed E-state index contributed by atoms with van der Waals surface area (Å²) in [4.78, 5) is 27.8. The van der Waals surface area contributed by atoms with Crippen LogP contribution < -0.4 is 0 Å². The first-order valence-electron chi connectivity index (χ1n) is 10.3. The first-order valence-corrected chi connectivity index (χ1v) is 10.3. The van der Waals surface area contributed by atoms with E-state index < -0.39 is 0 Å². The summed E-state index contributed by atoms with van der Waals surface area (Å²) in [6.45, 7) is 3.75. The molecule has 3 aromatic rings. The number of pyridine rings is 1. The fraction of sp³-hybridized carbons (Fsp3) is 0.333. The molecule has 5 nitrogen and oxygen atoms in total. The number of carbonyl (C=O) groups is 1. The second-order valence-electron chi connectivity index (χ2n) is 7.60. The van der Waals surface area contributed by atoms with E-state index >= 15 is 0 Å². The number of carbonyl (C=O) groups excluding carboxylic acids is 1. The van der Waals surface area contributed by atoms with Crippen molar-refractivity contribution in [1.29, 1.82) is 0 Å². The molecule has 0 spiro atoms. The maximum absolute atomic E-state index is 13.2. The summed E-state index contributed by atoms with van der Waals surface area (Å²) in [6.07, 6.45) is 9.08. The molecule has 5 heteroatoms. The van der Waals surface area contributed by atoms with Crippen LogP contribution in [0.3, 0.4) is 0 Å². The van der Waals surface area contributed by atoms with Gasteiger partial charge >= 0.3 is 0 Å². The van der Waals surface area contributed by atoms with Crippen LogP contribution in [-0.2, 0) is 12.8 Å². The molecule has 0 atom stereocenters. The van der Waals surface area contributed by atoms with Crippen LogP contribution in [0.4, 0.5) is 0 Å². The second kappa shape index (κ2) is 8.95. The highest BCUT2D eigenvalue weighted by atomic mass is 16.2. The van der Waals surface area contributed by atoms with Crippen molar-refractivity contribution < 1.29 is 4.79 Å². The van der Waals surface area contributed by atoms with Gasteiger partial charge < -0.3 is 4.90 Å². The van der Waals surface area contributed by atoms with E-state index in [1.807, 2.05) is 17.0 Å². The third-order valence-corrected chi connectivity index (χ3v) is 5.72. The number of rotatable bonds is 5. The van der Waals surface area contributed by atoms with E-state index in [4.69, 9.17) is 0 Å². The maximum Gasteiger partial charge on any atom is 0.256 e. The number of hydrogen-bond donors (Lipinski definition) is 0. The lowest BCUT2D eigenvalue weighted by atomic mass is 9.89. The first kappa shape index (κ1) is 19.2. The van der Waals surface area contributed by atoms with E-state index in [0.717, 1.165) is 38.8 Å². The van der Waals surface area contributed by atoms with E-state index in [1.54, 1.807) is 18.5 Å². The van der Waals surface area contributed by atoms with Crippen molar-refractivity contribution in [2.24, 2.45) is 5.92 Å². The van der Waals surface area contributed by atoms with Crippen molar-refractivity contribution in [2.75, 3.05) is 13.1 Å². The number of likely N-dealkylation sites (tertiary alicyclic amines) is 1. The largest absolute Gasteiger partial charge is 0.339 e. The molecule has 0 saturated carbocycles. The molecule has 29 heavy (non-hydrogen) atoms. The van der Waals surface area contributed by atoms with Crippen molar-refractivity contribution in [3.8, 4) is 11.4 Å². The van der Waals surface area contributed by atoms with E-state index in [2.05, 4.69) is 46.1 Å². The second-order valence-corrected chi connectivity index (χ2v) is 7.60. The summed E-state index contributed by atoms with van der Waals surface area (Å²) in [7, 11) is 0. The molecule has 1 aliphatic heterocycles. The molecule has 1 amide bonds. The molecule has 1 saturated heterocycles. The van der Waals surface area contributed by atoms with Gasteiger partial charge in [-0.1, -0.05) is 31.2 Å². The van der Waals surface area contributed by atoms with Gasteiger partial charge in [0.1, 0.15) is 12.0 Å². The zero-order valence-electron chi connectivity index (χ0n) is 16.8. The Kier molecular flexibility index (Phi) is 5.94. The van der Waals surface area contributed by atoms with Crippen molar-refractivity contribution in [2.45, 2.75) is 32.6 Å². The molecule has 0 bridgehead atoms. The van der Waals surface area contributed by atoms with Crippen molar-refractivity contribution >= 4 is 5.91 Å². The molecule has 1 aliphatic rings. The Morgan fingerprint density at radius 1 is 1.00 bits per heavy atom. The molecule has 0 aliphatic carbocycles. The third-order valence-electron chi connectivity index (χ3n) is 5.72. The highest BCUT2D eigenvalue weighted by molar-refractivity contribution is 5.99. The predicted octanol–water partition coefficient (Wildman–Crippen LogP) is 4.20. The molecule has 2 aromatic heterocycles. The van der Waals surface area contributed by atoms with Gasteiger partial charge in [0.05, 0.1) is 11.3 Å². The molecular formula is C24H26N4O. The Bertz CT molecular complexity index is 948. The molecule has 4 rings (SSSR count). The van der Waals surface area contributed by atoms with E-state index in [1.165, 1.54) is 17.5 Å². The first-order chi connectivity index (χ1) is 14.2. The lowest BCUT2D eigenvalue weighted by Gasteiger charge is -2.32. The van der Waals surface area contributed by atoms with Gasteiger partial charge in [-0.15, -0.1) is 0 Å². The third kappa shape index (κ3) is 4.50. The van der Waals surface area contributed by atoms with Gasteiger partial charge in [0.15, 0.2) is 0 Å². The number of benzene rings is 1. The van der Waals surface area contributed by atoms with Crippen LogP contribution in [0.2, 0.25) is 0 Å². The summed E-state index contributed by atoms with van der Waals surface area (Å²) < 4.78 is 0. The van der Waals surface area contributed by atoms with Crippen LogP contribution in [0.15, 0.2) is 61.2 Å². The standard InChI is InChI=1S/C24H26N4O/c1-2-18-5-7-19(8-6-18)16-20-10-14-28(15-11-20)24(29)21-4-3-12-26-23(21)22-9-13-25-17-27-22/h3-9,12-13,17,20H,2,10-11,14-16H2,1H3. The quantitative estimate of drug-likeness (QED) is 0.659. The predicted molar refractivity (Wildman–Crippen MR) is 113 cm³/mol. The minimum Gasteiger partial charge on any atom is -0.339 e. The molecule has 148 valence electrons. The summed E-state index contributed by atoms with van der Waals surface area (Å²) in [5.74, 6) is 0.666. The van der Waals surface area contributed by atoms with Gasteiger partial charge in [0.25, 0.3) is 5.91 Å². The van der Waals surface area contributed by atoms with Gasteiger partial charge in [0.2, 0.25) is 0 Å². The molecule has 1 fully saturated rings. The Labute approximate surface area is 171 Å². The Balaban J connectivity index is 1.41. The number of hydrogen-bond acceptors (Lipinski definition) is 4. The van der Waals surface area contributed by atoms with Crippen molar-refractivity contribution in [3.05, 3.63) is 77.9 Å². The maximum atomic E-state index is 13.2. The molecule has 0 N–H and O–H groups in total. The molecule has 0 unspecified atom stereocenters. The minimum absolute atomic E-state index is 0.0393. The zero-order chi connectivity index (χ0) is 20.1.